The summed E-state index contributed by atoms with van der Waals surface area (Å²) in [6.45, 7) is 7.35. The molecule has 0 unspecified atom stereocenters. The number of ether oxygens (including phenoxy) is 3. The van der Waals surface area contributed by atoms with Crippen molar-refractivity contribution >= 4 is 17.6 Å². The first-order valence-corrected chi connectivity index (χ1v) is 9.27. The lowest BCUT2D eigenvalue weighted by molar-refractivity contribution is -0.155. The molecular formula is C22H27NO5. The van der Waals surface area contributed by atoms with Crippen molar-refractivity contribution in [2.24, 2.45) is 0 Å². The smallest absolute Gasteiger partial charge is 0.347 e. The number of carbonyl (C=O) groups is 2. The van der Waals surface area contributed by atoms with E-state index < -0.39 is 12.1 Å². The van der Waals surface area contributed by atoms with Crippen LogP contribution in [0.15, 0.2) is 42.5 Å². The first-order chi connectivity index (χ1) is 13.3. The Balaban J connectivity index is 2.01. The van der Waals surface area contributed by atoms with Gasteiger partial charge in [-0.15, -0.1) is 0 Å². The molecule has 2 aromatic carbocycles. The number of nitrogens with one attached hydrogen (secondary N) is 1. The molecule has 0 saturated carbocycles. The summed E-state index contributed by atoms with van der Waals surface area (Å²) in [5, 5.41) is 2.85. The van der Waals surface area contributed by atoms with Crippen molar-refractivity contribution in [3.05, 3.63) is 53.6 Å². The fourth-order valence-electron chi connectivity index (χ4n) is 2.43. The molecule has 28 heavy (non-hydrogen) atoms. The molecule has 0 bridgehead atoms. The zero-order valence-corrected chi connectivity index (χ0v) is 16.9. The van der Waals surface area contributed by atoms with Gasteiger partial charge in [-0.2, -0.15) is 0 Å². The fraction of sp³-hybridized carbons (Fsp3) is 0.364. The van der Waals surface area contributed by atoms with E-state index in [0.29, 0.717) is 22.7 Å². The van der Waals surface area contributed by atoms with Gasteiger partial charge in [0.1, 0.15) is 11.5 Å². The first-order valence-electron chi connectivity index (χ1n) is 9.27. The molecule has 1 N–H and O–H groups in total. The van der Waals surface area contributed by atoms with Crippen LogP contribution in [0.4, 0.5) is 5.69 Å². The van der Waals surface area contributed by atoms with Gasteiger partial charge in [0.2, 0.25) is 0 Å². The normalized spacial score (nSPS) is 12.6. The molecule has 0 aliphatic rings. The average molecular weight is 385 g/mol. The summed E-state index contributed by atoms with van der Waals surface area (Å²) in [5.41, 5.74) is 2.08. The SMILES string of the molecule is CC[C@H](C)OC(=O)[C@@H](C)Oc1ccc(C(=O)Nc2cc(C)ccc2OC)cc1. The number of anilines is 1. The molecular weight excluding hydrogens is 358 g/mol. The van der Waals surface area contributed by atoms with Crippen molar-refractivity contribution in [1.29, 1.82) is 0 Å². The van der Waals surface area contributed by atoms with Gasteiger partial charge in [0.05, 0.1) is 18.9 Å². The molecule has 150 valence electrons. The second kappa shape index (κ2) is 9.78. The molecule has 0 aliphatic heterocycles. The minimum atomic E-state index is -0.731. The zero-order chi connectivity index (χ0) is 20.7. The van der Waals surface area contributed by atoms with E-state index in [2.05, 4.69) is 5.32 Å². The molecule has 1 amide bonds. The molecule has 2 atom stereocenters. The Hall–Kier alpha value is -3.02. The summed E-state index contributed by atoms with van der Waals surface area (Å²) >= 11 is 0. The van der Waals surface area contributed by atoms with Crippen LogP contribution >= 0.6 is 0 Å². The number of benzene rings is 2. The van der Waals surface area contributed by atoms with Crippen LogP contribution in [-0.2, 0) is 9.53 Å². The van der Waals surface area contributed by atoms with Crippen molar-refractivity contribution < 1.29 is 23.8 Å². The van der Waals surface area contributed by atoms with Crippen LogP contribution in [0.2, 0.25) is 0 Å². The lowest BCUT2D eigenvalue weighted by Crippen LogP contribution is -2.29. The number of methoxy groups -OCH3 is 1. The van der Waals surface area contributed by atoms with Crippen molar-refractivity contribution in [1.82, 2.24) is 0 Å². The zero-order valence-electron chi connectivity index (χ0n) is 16.9. The van der Waals surface area contributed by atoms with Crippen LogP contribution in [0.5, 0.6) is 11.5 Å². The van der Waals surface area contributed by atoms with Crippen LogP contribution in [0.25, 0.3) is 0 Å². The van der Waals surface area contributed by atoms with Gasteiger partial charge in [-0.3, -0.25) is 4.79 Å². The van der Waals surface area contributed by atoms with E-state index in [1.807, 2.05) is 39.0 Å². The lowest BCUT2D eigenvalue weighted by Gasteiger charge is -2.17. The maximum absolute atomic E-state index is 12.5. The van der Waals surface area contributed by atoms with Gasteiger partial charge >= 0.3 is 5.97 Å². The van der Waals surface area contributed by atoms with E-state index in [1.54, 1.807) is 38.3 Å². The molecule has 0 aromatic heterocycles. The lowest BCUT2D eigenvalue weighted by atomic mass is 10.1. The van der Waals surface area contributed by atoms with Gasteiger partial charge in [-0.25, -0.2) is 4.79 Å². The van der Waals surface area contributed by atoms with E-state index in [1.165, 1.54) is 0 Å². The van der Waals surface area contributed by atoms with Crippen molar-refractivity contribution in [2.75, 3.05) is 12.4 Å². The van der Waals surface area contributed by atoms with Gasteiger partial charge in [0.25, 0.3) is 5.91 Å². The van der Waals surface area contributed by atoms with Gasteiger partial charge in [-0.05, 0) is 69.2 Å². The number of esters is 1. The summed E-state index contributed by atoms with van der Waals surface area (Å²) in [5.74, 6) is 0.397. The number of aryl methyl sites for hydroxylation is 1. The van der Waals surface area contributed by atoms with Gasteiger partial charge in [-0.1, -0.05) is 13.0 Å². The molecule has 0 saturated heterocycles. The molecule has 6 heteroatoms. The molecule has 0 aliphatic carbocycles. The molecule has 0 radical (unpaired) electrons. The topological polar surface area (TPSA) is 73.9 Å². The number of hydrogen-bond donors (Lipinski definition) is 1. The molecule has 0 fully saturated rings. The first kappa shape index (κ1) is 21.3. The maximum atomic E-state index is 12.5. The molecule has 6 nitrogen and oxygen atoms in total. The molecule has 0 spiro atoms. The Morgan fingerprint density at radius 2 is 1.75 bits per heavy atom. The third kappa shape index (κ3) is 5.74. The Morgan fingerprint density at radius 1 is 1.07 bits per heavy atom. The van der Waals surface area contributed by atoms with Crippen LogP contribution in [0.1, 0.15) is 43.1 Å². The Labute approximate surface area is 165 Å². The van der Waals surface area contributed by atoms with Crippen molar-refractivity contribution in [3.63, 3.8) is 0 Å². The van der Waals surface area contributed by atoms with Crippen molar-refractivity contribution in [2.45, 2.75) is 46.3 Å². The monoisotopic (exact) mass is 385 g/mol. The molecule has 0 heterocycles. The van der Waals surface area contributed by atoms with Crippen LogP contribution in [0.3, 0.4) is 0 Å². The van der Waals surface area contributed by atoms with E-state index in [0.717, 1.165) is 12.0 Å². The quantitative estimate of drug-likeness (QED) is 0.683. The highest BCUT2D eigenvalue weighted by molar-refractivity contribution is 6.05. The minimum Gasteiger partial charge on any atom is -0.495 e. The highest BCUT2D eigenvalue weighted by atomic mass is 16.6. The Morgan fingerprint density at radius 3 is 2.36 bits per heavy atom. The highest BCUT2D eigenvalue weighted by Gasteiger charge is 2.19. The second-order valence-corrected chi connectivity index (χ2v) is 6.60. The largest absolute Gasteiger partial charge is 0.495 e. The van der Waals surface area contributed by atoms with Crippen LogP contribution in [-0.4, -0.2) is 31.2 Å². The predicted molar refractivity (Wildman–Crippen MR) is 108 cm³/mol. The van der Waals surface area contributed by atoms with Gasteiger partial charge in [0.15, 0.2) is 6.10 Å². The van der Waals surface area contributed by atoms with E-state index in [9.17, 15) is 9.59 Å². The summed E-state index contributed by atoms with van der Waals surface area (Å²) in [6, 6.07) is 12.1. The van der Waals surface area contributed by atoms with E-state index in [-0.39, 0.29) is 12.0 Å². The number of amides is 1. The van der Waals surface area contributed by atoms with Crippen LogP contribution < -0.4 is 14.8 Å². The number of carbonyl (C=O) groups excluding carboxylic acids is 2. The number of hydrogen-bond acceptors (Lipinski definition) is 5. The standard InChI is InChI=1S/C22H27NO5/c1-6-15(3)27-22(25)16(4)28-18-10-8-17(9-11-18)21(24)23-19-13-14(2)7-12-20(19)26-5/h7-13,15-16H,6H2,1-5H3,(H,23,24)/t15-,16+/m0/s1. The summed E-state index contributed by atoms with van der Waals surface area (Å²) < 4.78 is 16.1. The molecule has 2 rings (SSSR count). The van der Waals surface area contributed by atoms with E-state index in [4.69, 9.17) is 14.2 Å². The van der Waals surface area contributed by atoms with Gasteiger partial charge in [0, 0.05) is 5.56 Å². The van der Waals surface area contributed by atoms with Gasteiger partial charge < -0.3 is 19.5 Å². The number of rotatable bonds is 8. The average Bonchev–Trinajstić information content (AvgIpc) is 2.68. The van der Waals surface area contributed by atoms with E-state index >= 15 is 0 Å². The summed E-state index contributed by atoms with van der Waals surface area (Å²) in [6.07, 6.45) is -0.137. The minimum absolute atomic E-state index is 0.150. The Kier molecular flexibility index (Phi) is 7.44. The third-order valence-electron chi connectivity index (χ3n) is 4.26. The maximum Gasteiger partial charge on any atom is 0.347 e. The Bertz CT molecular complexity index is 816. The third-order valence-corrected chi connectivity index (χ3v) is 4.26. The second-order valence-electron chi connectivity index (χ2n) is 6.60. The summed E-state index contributed by atoms with van der Waals surface area (Å²) in [7, 11) is 1.56. The molecule has 2 aromatic rings. The highest BCUT2D eigenvalue weighted by Crippen LogP contribution is 2.26. The van der Waals surface area contributed by atoms with Crippen molar-refractivity contribution in [3.8, 4) is 11.5 Å². The van der Waals surface area contributed by atoms with Crippen LogP contribution in [0, 0.1) is 6.92 Å². The summed E-state index contributed by atoms with van der Waals surface area (Å²) in [4.78, 5) is 24.5. The fourth-order valence-corrected chi connectivity index (χ4v) is 2.43. The predicted octanol–water partition coefficient (Wildman–Crippen LogP) is 4.36.